The summed E-state index contributed by atoms with van der Waals surface area (Å²) in [7, 11) is 0. The predicted molar refractivity (Wildman–Crippen MR) is 94.0 cm³/mol. The maximum absolute atomic E-state index is 12.3. The van der Waals surface area contributed by atoms with E-state index in [9.17, 15) is 14.4 Å². The first-order valence-corrected chi connectivity index (χ1v) is 8.70. The molecule has 0 radical (unpaired) electrons. The molecule has 1 aliphatic heterocycles. The minimum atomic E-state index is -0.770. The van der Waals surface area contributed by atoms with Crippen molar-refractivity contribution in [1.82, 2.24) is 4.90 Å². The number of rotatable bonds is 5. The molecule has 1 heterocycles. The number of nitrogens with zero attached hydrogens (tertiary/aromatic N) is 1. The Morgan fingerprint density at radius 2 is 1.65 bits per heavy atom. The van der Waals surface area contributed by atoms with Crippen LogP contribution in [-0.2, 0) is 14.3 Å². The van der Waals surface area contributed by atoms with Crippen molar-refractivity contribution in [2.75, 3.05) is 31.6 Å². The van der Waals surface area contributed by atoms with Gasteiger partial charge in [0.2, 0.25) is 0 Å². The lowest BCUT2D eigenvalue weighted by Gasteiger charge is -2.30. The first kappa shape index (κ1) is 19.6. The van der Waals surface area contributed by atoms with E-state index in [0.717, 1.165) is 0 Å². The summed E-state index contributed by atoms with van der Waals surface area (Å²) < 4.78 is 14.7. The van der Waals surface area contributed by atoms with E-state index in [-0.39, 0.29) is 24.5 Å². The lowest BCUT2D eigenvalue weighted by Crippen LogP contribution is -2.42. The summed E-state index contributed by atoms with van der Waals surface area (Å²) in [5.74, 6) is -0.000226. The maximum atomic E-state index is 12.3. The molecule has 0 unspecified atom stereocenters. The second-order valence-electron chi connectivity index (χ2n) is 5.75. The summed E-state index contributed by atoms with van der Waals surface area (Å²) in [6, 6.07) is 6.18. The molecule has 2 rings (SSSR count). The zero-order valence-corrected chi connectivity index (χ0v) is 15.0. The number of nitrogens with one attached hydrogen (secondary N) is 1. The van der Waals surface area contributed by atoms with E-state index in [1.54, 1.807) is 43.0 Å². The topological polar surface area (TPSA) is 94.2 Å². The number of likely N-dealkylation sites (tertiary alicyclic amines) is 1. The molecule has 0 aliphatic carbocycles. The monoisotopic (exact) mass is 364 g/mol. The lowest BCUT2D eigenvalue weighted by atomic mass is 9.97. The van der Waals surface area contributed by atoms with Crippen LogP contribution in [0.2, 0.25) is 0 Å². The van der Waals surface area contributed by atoms with Gasteiger partial charge in [0.05, 0.1) is 19.1 Å². The van der Waals surface area contributed by atoms with E-state index in [4.69, 9.17) is 14.2 Å². The van der Waals surface area contributed by atoms with Gasteiger partial charge in [0.1, 0.15) is 5.75 Å². The highest BCUT2D eigenvalue weighted by molar-refractivity contribution is 5.89. The molecule has 1 saturated heterocycles. The molecule has 1 N–H and O–H groups in total. The Hall–Kier alpha value is -2.77. The number of esters is 1. The molecule has 0 aromatic heterocycles. The van der Waals surface area contributed by atoms with Gasteiger partial charge in [0, 0.05) is 18.8 Å². The van der Waals surface area contributed by atoms with E-state index < -0.39 is 6.16 Å². The third kappa shape index (κ3) is 5.65. The molecule has 8 heteroatoms. The van der Waals surface area contributed by atoms with Crippen LogP contribution in [0.4, 0.5) is 15.3 Å². The molecule has 1 fully saturated rings. The fourth-order valence-electron chi connectivity index (χ4n) is 2.63. The van der Waals surface area contributed by atoms with Gasteiger partial charge in [-0.05, 0) is 51.0 Å². The van der Waals surface area contributed by atoms with E-state index in [0.29, 0.717) is 44.0 Å². The van der Waals surface area contributed by atoms with Crippen molar-refractivity contribution in [3.8, 4) is 5.75 Å². The summed E-state index contributed by atoms with van der Waals surface area (Å²) in [5.41, 5.74) is 0.582. The van der Waals surface area contributed by atoms with E-state index >= 15 is 0 Å². The molecule has 2 amide bonds. The molecule has 1 aliphatic rings. The SMILES string of the molecule is CCOC(=O)Oc1ccc(NC(=O)N2CCC(C(=O)OCC)CC2)cc1. The van der Waals surface area contributed by atoms with Crippen molar-refractivity contribution >= 4 is 23.8 Å². The first-order chi connectivity index (χ1) is 12.5. The van der Waals surface area contributed by atoms with Crippen molar-refractivity contribution in [3.05, 3.63) is 24.3 Å². The standard InChI is InChI=1S/C18H24N2O6/c1-3-24-16(21)13-9-11-20(12-10-13)17(22)19-14-5-7-15(8-6-14)26-18(23)25-4-2/h5-8,13H,3-4,9-12H2,1-2H3,(H,19,22). The summed E-state index contributed by atoms with van der Waals surface area (Å²) in [5, 5.41) is 2.79. The van der Waals surface area contributed by atoms with Gasteiger partial charge in [-0.25, -0.2) is 9.59 Å². The average Bonchev–Trinajstić information content (AvgIpc) is 2.64. The zero-order chi connectivity index (χ0) is 18.9. The van der Waals surface area contributed by atoms with Crippen LogP contribution in [-0.4, -0.2) is 49.4 Å². The Labute approximate surface area is 152 Å². The molecule has 142 valence electrons. The van der Waals surface area contributed by atoms with Crippen molar-refractivity contribution in [2.24, 2.45) is 5.92 Å². The Morgan fingerprint density at radius 3 is 2.23 bits per heavy atom. The Morgan fingerprint density at radius 1 is 1.04 bits per heavy atom. The number of amides is 2. The first-order valence-electron chi connectivity index (χ1n) is 8.70. The number of benzene rings is 1. The van der Waals surface area contributed by atoms with Gasteiger partial charge in [0.15, 0.2) is 0 Å². The van der Waals surface area contributed by atoms with Crippen molar-refractivity contribution < 1.29 is 28.6 Å². The molecule has 8 nitrogen and oxygen atoms in total. The Kier molecular flexibility index (Phi) is 7.25. The van der Waals surface area contributed by atoms with Crippen molar-refractivity contribution in [1.29, 1.82) is 0 Å². The predicted octanol–water partition coefficient (Wildman–Crippen LogP) is 3.03. The van der Waals surface area contributed by atoms with E-state index in [1.807, 2.05) is 0 Å². The van der Waals surface area contributed by atoms with Gasteiger partial charge in [-0.1, -0.05) is 0 Å². The van der Waals surface area contributed by atoms with Crippen molar-refractivity contribution in [2.45, 2.75) is 26.7 Å². The fraction of sp³-hybridized carbons (Fsp3) is 0.500. The molecule has 0 atom stereocenters. The maximum Gasteiger partial charge on any atom is 0.513 e. The van der Waals surface area contributed by atoms with E-state index in [2.05, 4.69) is 5.32 Å². The number of carbonyl (C=O) groups excluding carboxylic acids is 3. The molecule has 0 spiro atoms. The largest absolute Gasteiger partial charge is 0.513 e. The zero-order valence-electron chi connectivity index (χ0n) is 15.0. The van der Waals surface area contributed by atoms with Crippen LogP contribution < -0.4 is 10.1 Å². The van der Waals surface area contributed by atoms with Crippen LogP contribution >= 0.6 is 0 Å². The fourth-order valence-corrected chi connectivity index (χ4v) is 2.63. The second-order valence-corrected chi connectivity index (χ2v) is 5.75. The number of anilines is 1. The summed E-state index contributed by atoms with van der Waals surface area (Å²) in [6.07, 6.45) is 0.422. The average molecular weight is 364 g/mol. The lowest BCUT2D eigenvalue weighted by molar-refractivity contribution is -0.149. The smallest absolute Gasteiger partial charge is 0.466 e. The number of ether oxygens (including phenoxy) is 3. The van der Waals surface area contributed by atoms with Crippen LogP contribution in [0.15, 0.2) is 24.3 Å². The van der Waals surface area contributed by atoms with Crippen LogP contribution in [0.3, 0.4) is 0 Å². The Balaban J connectivity index is 1.81. The number of hydrogen-bond donors (Lipinski definition) is 1. The third-order valence-corrected chi connectivity index (χ3v) is 3.97. The Bertz CT molecular complexity index is 623. The molecule has 1 aromatic rings. The van der Waals surface area contributed by atoms with Gasteiger partial charge < -0.3 is 24.4 Å². The van der Waals surface area contributed by atoms with Gasteiger partial charge in [-0.2, -0.15) is 0 Å². The number of carbonyl (C=O) groups is 3. The molecule has 26 heavy (non-hydrogen) atoms. The minimum absolute atomic E-state index is 0.140. The highest BCUT2D eigenvalue weighted by atomic mass is 16.7. The molecule has 0 saturated carbocycles. The molecule has 0 bridgehead atoms. The quantitative estimate of drug-likeness (QED) is 0.637. The molecular formula is C18H24N2O6. The normalized spacial score (nSPS) is 14.5. The number of urea groups is 1. The highest BCUT2D eigenvalue weighted by Gasteiger charge is 2.28. The third-order valence-electron chi connectivity index (χ3n) is 3.97. The highest BCUT2D eigenvalue weighted by Crippen LogP contribution is 2.21. The van der Waals surface area contributed by atoms with Crippen molar-refractivity contribution in [3.63, 3.8) is 0 Å². The summed E-state index contributed by atoms with van der Waals surface area (Å²) >= 11 is 0. The van der Waals surface area contributed by atoms with Gasteiger partial charge in [0.25, 0.3) is 0 Å². The van der Waals surface area contributed by atoms with Crippen LogP contribution in [0.5, 0.6) is 5.75 Å². The number of hydrogen-bond acceptors (Lipinski definition) is 6. The number of piperidine rings is 1. The van der Waals surface area contributed by atoms with Crippen LogP contribution in [0, 0.1) is 5.92 Å². The van der Waals surface area contributed by atoms with Gasteiger partial charge in [-0.3, -0.25) is 4.79 Å². The second kappa shape index (κ2) is 9.65. The molecular weight excluding hydrogens is 340 g/mol. The summed E-state index contributed by atoms with van der Waals surface area (Å²) in [4.78, 5) is 36.9. The van der Waals surface area contributed by atoms with Crippen LogP contribution in [0.1, 0.15) is 26.7 Å². The van der Waals surface area contributed by atoms with Gasteiger partial charge in [-0.15, -0.1) is 0 Å². The minimum Gasteiger partial charge on any atom is -0.466 e. The summed E-state index contributed by atoms with van der Waals surface area (Å²) in [6.45, 7) is 5.08. The van der Waals surface area contributed by atoms with E-state index in [1.165, 1.54) is 0 Å². The van der Waals surface area contributed by atoms with Gasteiger partial charge >= 0.3 is 18.2 Å². The molecule has 1 aromatic carbocycles. The van der Waals surface area contributed by atoms with Crippen LogP contribution in [0.25, 0.3) is 0 Å².